The van der Waals surface area contributed by atoms with E-state index in [1.165, 1.54) is 6.07 Å². The summed E-state index contributed by atoms with van der Waals surface area (Å²) in [6, 6.07) is 6.50. The largest absolute Gasteiger partial charge is 0.480 e. The Labute approximate surface area is 104 Å². The Hall–Kier alpha value is -1.70. The van der Waals surface area contributed by atoms with E-state index in [2.05, 4.69) is 0 Å². The first-order chi connectivity index (χ1) is 8.25. The van der Waals surface area contributed by atoms with Gasteiger partial charge in [-0.2, -0.15) is 18.4 Å². The van der Waals surface area contributed by atoms with E-state index in [0.717, 1.165) is 12.5 Å². The van der Waals surface area contributed by atoms with Gasteiger partial charge in [-0.1, -0.05) is 19.9 Å². The van der Waals surface area contributed by atoms with Crippen molar-refractivity contribution in [2.45, 2.75) is 39.0 Å². The zero-order valence-electron chi connectivity index (χ0n) is 10.4. The highest BCUT2D eigenvalue weighted by Crippen LogP contribution is 2.28. The Kier molecular flexibility index (Phi) is 4.23. The Morgan fingerprint density at radius 3 is 2.28 bits per heavy atom. The second kappa shape index (κ2) is 5.30. The molecule has 0 N–H and O–H groups in total. The van der Waals surface area contributed by atoms with E-state index in [-0.39, 0.29) is 17.2 Å². The van der Waals surface area contributed by atoms with Gasteiger partial charge in [-0.3, -0.25) is 0 Å². The zero-order valence-corrected chi connectivity index (χ0v) is 10.4. The van der Waals surface area contributed by atoms with Gasteiger partial charge in [0.2, 0.25) is 0 Å². The first-order valence-corrected chi connectivity index (χ1v) is 5.53. The van der Waals surface area contributed by atoms with Crippen molar-refractivity contribution in [3.8, 4) is 11.8 Å². The van der Waals surface area contributed by atoms with Gasteiger partial charge in [0, 0.05) is 0 Å². The summed E-state index contributed by atoms with van der Waals surface area (Å²) in [5, 5.41) is 8.93. The van der Waals surface area contributed by atoms with Crippen LogP contribution in [0.2, 0.25) is 0 Å². The number of alkyl halides is 3. The molecule has 0 radical (unpaired) electrons. The van der Waals surface area contributed by atoms with Crippen molar-refractivity contribution in [2.75, 3.05) is 0 Å². The number of hydrogen-bond acceptors (Lipinski definition) is 2. The molecule has 0 aliphatic rings. The van der Waals surface area contributed by atoms with Gasteiger partial charge in [0.25, 0.3) is 0 Å². The summed E-state index contributed by atoms with van der Waals surface area (Å²) in [5.74, 6) is 0.165. The van der Waals surface area contributed by atoms with Gasteiger partial charge in [0.1, 0.15) is 11.8 Å². The third-order valence-electron chi connectivity index (χ3n) is 2.56. The lowest BCUT2D eigenvalue weighted by molar-refractivity contribution is -0.189. The highest BCUT2D eigenvalue weighted by atomic mass is 19.4. The van der Waals surface area contributed by atoms with Crippen LogP contribution in [0.4, 0.5) is 13.2 Å². The molecule has 1 aromatic rings. The Bertz CT molecular complexity index is 460. The minimum Gasteiger partial charge on any atom is -0.480 e. The van der Waals surface area contributed by atoms with Gasteiger partial charge in [-0.25, -0.2) is 0 Å². The van der Waals surface area contributed by atoms with Gasteiger partial charge in [-0.05, 0) is 30.5 Å². The summed E-state index contributed by atoms with van der Waals surface area (Å²) in [4.78, 5) is 0. The molecule has 18 heavy (non-hydrogen) atoms. The van der Waals surface area contributed by atoms with Gasteiger partial charge in [-0.15, -0.1) is 0 Å². The molecule has 0 saturated heterocycles. The Morgan fingerprint density at radius 1 is 1.22 bits per heavy atom. The van der Waals surface area contributed by atoms with Crippen LogP contribution in [0.3, 0.4) is 0 Å². The smallest absolute Gasteiger partial charge is 0.425 e. The third-order valence-corrected chi connectivity index (χ3v) is 2.56. The van der Waals surface area contributed by atoms with Crippen LogP contribution in [0.15, 0.2) is 18.2 Å². The van der Waals surface area contributed by atoms with E-state index in [4.69, 9.17) is 10.00 Å². The molecule has 0 amide bonds. The summed E-state index contributed by atoms with van der Waals surface area (Å²) in [6.45, 7) is 4.79. The summed E-state index contributed by atoms with van der Waals surface area (Å²) < 4.78 is 41.9. The number of rotatable bonds is 3. The van der Waals surface area contributed by atoms with Crippen LogP contribution in [0.25, 0.3) is 0 Å². The molecule has 1 rings (SSSR count). The first-order valence-electron chi connectivity index (χ1n) is 5.53. The molecule has 5 heteroatoms. The second-order valence-corrected chi connectivity index (χ2v) is 4.32. The number of ether oxygens (including phenoxy) is 1. The van der Waals surface area contributed by atoms with Gasteiger partial charge in [0.05, 0.1) is 5.56 Å². The molecule has 2 nitrogen and oxygen atoms in total. The van der Waals surface area contributed by atoms with E-state index in [1.54, 1.807) is 12.1 Å². The van der Waals surface area contributed by atoms with Crippen molar-refractivity contribution >= 4 is 0 Å². The maximum atomic E-state index is 12.4. The lowest BCUT2D eigenvalue weighted by Gasteiger charge is -2.19. The first kappa shape index (κ1) is 14.4. The fourth-order valence-corrected chi connectivity index (χ4v) is 1.35. The van der Waals surface area contributed by atoms with Crippen LogP contribution < -0.4 is 4.74 Å². The molecule has 0 aromatic heterocycles. The molecule has 0 aliphatic heterocycles. The summed E-state index contributed by atoms with van der Waals surface area (Å²) in [7, 11) is 0. The van der Waals surface area contributed by atoms with Gasteiger partial charge in [0.15, 0.2) is 6.10 Å². The molecule has 1 atom stereocenters. The van der Waals surface area contributed by atoms with Crippen LogP contribution in [-0.4, -0.2) is 12.3 Å². The normalized spacial score (nSPS) is 13.2. The molecule has 0 saturated carbocycles. The lowest BCUT2D eigenvalue weighted by Crippen LogP contribution is -2.31. The van der Waals surface area contributed by atoms with Crippen molar-refractivity contribution in [1.29, 1.82) is 5.26 Å². The maximum Gasteiger partial charge on any atom is 0.425 e. The Morgan fingerprint density at radius 2 is 1.83 bits per heavy atom. The van der Waals surface area contributed by atoms with Crippen LogP contribution in [0.5, 0.6) is 5.75 Å². The van der Waals surface area contributed by atoms with Crippen LogP contribution in [0.1, 0.15) is 37.8 Å². The van der Waals surface area contributed by atoms with Crippen molar-refractivity contribution in [1.82, 2.24) is 0 Å². The predicted molar refractivity (Wildman–Crippen MR) is 61.4 cm³/mol. The highest BCUT2D eigenvalue weighted by molar-refractivity contribution is 5.46. The average Bonchev–Trinajstić information content (AvgIpc) is 2.27. The molecular weight excluding hydrogens is 243 g/mol. The third kappa shape index (κ3) is 3.39. The van der Waals surface area contributed by atoms with E-state index in [9.17, 15) is 13.2 Å². The fourth-order valence-electron chi connectivity index (χ4n) is 1.35. The molecule has 0 heterocycles. The maximum absolute atomic E-state index is 12.4. The minimum atomic E-state index is -4.44. The lowest BCUT2D eigenvalue weighted by atomic mass is 10.0. The SMILES string of the molecule is CC(C)c1ccc(O[C@@H](C)C(F)(F)F)c(C#N)c1. The fraction of sp³-hybridized carbons (Fsp3) is 0.462. The van der Waals surface area contributed by atoms with E-state index >= 15 is 0 Å². The molecule has 98 valence electrons. The summed E-state index contributed by atoms with van der Waals surface area (Å²) >= 11 is 0. The van der Waals surface area contributed by atoms with Gasteiger partial charge < -0.3 is 4.74 Å². The number of benzene rings is 1. The topological polar surface area (TPSA) is 33.0 Å². The van der Waals surface area contributed by atoms with Crippen LogP contribution in [0, 0.1) is 11.3 Å². The summed E-state index contributed by atoms with van der Waals surface area (Å²) in [5.41, 5.74) is 1.01. The number of halogens is 3. The van der Waals surface area contributed by atoms with Crippen molar-refractivity contribution in [3.05, 3.63) is 29.3 Å². The average molecular weight is 257 g/mol. The summed E-state index contributed by atoms with van der Waals surface area (Å²) in [6.07, 6.45) is -6.38. The van der Waals surface area contributed by atoms with Crippen molar-refractivity contribution in [2.24, 2.45) is 0 Å². The van der Waals surface area contributed by atoms with Crippen molar-refractivity contribution in [3.63, 3.8) is 0 Å². The quantitative estimate of drug-likeness (QED) is 0.819. The molecule has 0 spiro atoms. The molecule has 0 unspecified atom stereocenters. The second-order valence-electron chi connectivity index (χ2n) is 4.32. The van der Waals surface area contributed by atoms with E-state index < -0.39 is 12.3 Å². The standard InChI is InChI=1S/C13H14F3NO/c1-8(2)10-4-5-12(11(6-10)7-17)18-9(3)13(14,15)16/h4-6,8-9H,1-3H3/t9-/m0/s1. The number of nitriles is 1. The molecule has 0 fully saturated rings. The molecule has 1 aromatic carbocycles. The number of hydrogen-bond donors (Lipinski definition) is 0. The minimum absolute atomic E-state index is 0.0354. The molecule has 0 bridgehead atoms. The number of nitrogens with zero attached hydrogens (tertiary/aromatic N) is 1. The molecular formula is C13H14F3NO. The highest BCUT2D eigenvalue weighted by Gasteiger charge is 2.38. The van der Waals surface area contributed by atoms with E-state index in [1.807, 2.05) is 19.9 Å². The zero-order chi connectivity index (χ0) is 13.9. The van der Waals surface area contributed by atoms with E-state index in [0.29, 0.717) is 0 Å². The predicted octanol–water partition coefficient (Wildman–Crippen LogP) is 4.01. The Balaban J connectivity index is 3.01. The van der Waals surface area contributed by atoms with Crippen molar-refractivity contribution < 1.29 is 17.9 Å². The monoisotopic (exact) mass is 257 g/mol. The van der Waals surface area contributed by atoms with Gasteiger partial charge >= 0.3 is 6.18 Å². The van der Waals surface area contributed by atoms with Crippen LogP contribution in [-0.2, 0) is 0 Å². The van der Waals surface area contributed by atoms with Crippen LogP contribution >= 0.6 is 0 Å². The molecule has 0 aliphatic carbocycles.